The van der Waals surface area contributed by atoms with Gasteiger partial charge in [0.25, 0.3) is 11.8 Å². The molecule has 0 aromatic heterocycles. The summed E-state index contributed by atoms with van der Waals surface area (Å²) in [5.74, 6) is -0.428. The summed E-state index contributed by atoms with van der Waals surface area (Å²) < 4.78 is 5.93. The van der Waals surface area contributed by atoms with Crippen molar-refractivity contribution in [2.45, 2.75) is 16.8 Å². The van der Waals surface area contributed by atoms with Gasteiger partial charge in [0.05, 0.1) is 0 Å². The highest BCUT2D eigenvalue weighted by Gasteiger charge is 2.23. The maximum absolute atomic E-state index is 14.0. The van der Waals surface area contributed by atoms with Gasteiger partial charge in [-0.15, -0.1) is 11.8 Å². The van der Waals surface area contributed by atoms with Crippen molar-refractivity contribution in [1.29, 1.82) is 0 Å². The summed E-state index contributed by atoms with van der Waals surface area (Å²) in [6.45, 7) is 0.426. The Balaban J connectivity index is 1.10. The van der Waals surface area contributed by atoms with Crippen LogP contribution in [0, 0.1) is 0 Å². The van der Waals surface area contributed by atoms with Crippen LogP contribution in [0.15, 0.2) is 193 Å². The van der Waals surface area contributed by atoms with E-state index < -0.39 is 17.1 Å². The summed E-state index contributed by atoms with van der Waals surface area (Å²) in [5.41, 5.74) is 4.29. The Morgan fingerprint density at radius 3 is 2.05 bits per heavy atom. The predicted octanol–water partition coefficient (Wildman–Crippen LogP) is 10.3. The molecule has 3 N–H and O–H groups in total. The summed E-state index contributed by atoms with van der Waals surface area (Å²) in [5, 5.41) is 10.3. The second-order valence-corrected chi connectivity index (χ2v) is 13.8. The number of anilines is 2. The lowest BCUT2D eigenvalue weighted by atomic mass is 10.1. The first-order valence-electron chi connectivity index (χ1n) is 17.7. The summed E-state index contributed by atoms with van der Waals surface area (Å²) in [7, 11) is 0. The monoisotopic (exact) mass is 739 g/mol. The van der Waals surface area contributed by atoms with Gasteiger partial charge < -0.3 is 20.7 Å². The van der Waals surface area contributed by atoms with Gasteiger partial charge in [0, 0.05) is 27.2 Å². The number of carbonyl (C=O) groups is 3. The number of hydrogen-bond acceptors (Lipinski definition) is 5. The average molecular weight is 740 g/mol. The molecule has 0 aliphatic rings. The molecule has 0 fully saturated rings. The third kappa shape index (κ3) is 9.75. The molecule has 7 aromatic rings. The van der Waals surface area contributed by atoms with Gasteiger partial charge in [0.15, 0.2) is 0 Å². The van der Waals surface area contributed by atoms with Gasteiger partial charge in [-0.05, 0) is 76.7 Å². The first-order valence-corrected chi connectivity index (χ1v) is 18.6. The lowest BCUT2D eigenvalue weighted by Gasteiger charge is -2.18. The Morgan fingerprint density at radius 2 is 1.29 bits per heavy atom. The number of hydrogen-bond donors (Lipinski definition) is 3. The molecule has 270 valence electrons. The lowest BCUT2D eigenvalue weighted by molar-refractivity contribution is -0.116. The standard InChI is InChI=1S/C47H37N3O4S/c51-45(37-19-8-3-9-20-37)50-43(30-33-26-28-39(29-27-33)54-32-34-14-4-1-5-15-34)46(52)48-38-22-13-23-40(31-38)55-44(36-17-6-2-7-18-36)47(53)49-42-25-12-21-35-16-10-11-24-41(35)42/h1-31,44H,32H2,(H,48,52)(H,49,53)(H,50,51)/b43-30+. The number of benzene rings is 7. The summed E-state index contributed by atoms with van der Waals surface area (Å²) in [6.07, 6.45) is 1.62. The van der Waals surface area contributed by atoms with Crippen molar-refractivity contribution in [3.05, 3.63) is 210 Å². The Hall–Kier alpha value is -6.90. The second kappa shape index (κ2) is 17.7. The Labute approximate surface area is 324 Å². The van der Waals surface area contributed by atoms with Gasteiger partial charge in [0.1, 0.15) is 23.3 Å². The number of fused-ring (bicyclic) bond motifs is 1. The summed E-state index contributed by atoms with van der Waals surface area (Å²) in [4.78, 5) is 41.9. The number of amides is 3. The number of thioether (sulfide) groups is 1. The van der Waals surface area contributed by atoms with Gasteiger partial charge >= 0.3 is 0 Å². The van der Waals surface area contributed by atoms with Gasteiger partial charge in [-0.25, -0.2) is 0 Å². The van der Waals surface area contributed by atoms with Crippen molar-refractivity contribution in [3.8, 4) is 5.75 Å². The molecule has 7 nitrogen and oxygen atoms in total. The first kappa shape index (κ1) is 36.5. The molecule has 1 unspecified atom stereocenters. The quantitative estimate of drug-likeness (QED) is 0.0808. The molecule has 3 amide bonds. The van der Waals surface area contributed by atoms with Crippen LogP contribution in [-0.2, 0) is 16.2 Å². The smallest absolute Gasteiger partial charge is 0.272 e. The molecular formula is C47H37N3O4S. The highest BCUT2D eigenvalue weighted by atomic mass is 32.2. The van der Waals surface area contributed by atoms with Crippen molar-refractivity contribution in [3.63, 3.8) is 0 Å². The van der Waals surface area contributed by atoms with Crippen molar-refractivity contribution >= 4 is 57.7 Å². The number of carbonyl (C=O) groups excluding carboxylic acids is 3. The minimum absolute atomic E-state index is 0.0569. The van der Waals surface area contributed by atoms with E-state index in [9.17, 15) is 14.4 Å². The number of ether oxygens (including phenoxy) is 1. The normalized spacial score (nSPS) is 11.7. The molecular weight excluding hydrogens is 703 g/mol. The molecule has 55 heavy (non-hydrogen) atoms. The second-order valence-electron chi connectivity index (χ2n) is 12.6. The van der Waals surface area contributed by atoms with Crippen molar-refractivity contribution in [2.75, 3.05) is 10.6 Å². The maximum Gasteiger partial charge on any atom is 0.272 e. The highest BCUT2D eigenvalue weighted by Crippen LogP contribution is 2.38. The summed E-state index contributed by atoms with van der Waals surface area (Å²) in [6, 6.07) is 56.6. The van der Waals surface area contributed by atoms with Crippen LogP contribution >= 0.6 is 11.8 Å². The molecule has 0 radical (unpaired) electrons. The van der Waals surface area contributed by atoms with Crippen molar-refractivity contribution < 1.29 is 19.1 Å². The van der Waals surface area contributed by atoms with E-state index in [-0.39, 0.29) is 11.6 Å². The van der Waals surface area contributed by atoms with Gasteiger partial charge in [-0.2, -0.15) is 0 Å². The Kier molecular flexibility index (Phi) is 11.8. The molecule has 1 atom stereocenters. The Bertz CT molecular complexity index is 2430. The SMILES string of the molecule is O=C(Nc1cccc(SC(C(=O)Nc2cccc3ccccc23)c2ccccc2)c1)/C(=C\c1ccc(OCc2ccccc2)cc1)NC(=O)c1ccccc1. The molecule has 0 saturated heterocycles. The van der Waals surface area contributed by atoms with Crippen LogP contribution in [0.5, 0.6) is 5.75 Å². The average Bonchev–Trinajstić information content (AvgIpc) is 3.23. The van der Waals surface area contributed by atoms with E-state index in [1.165, 1.54) is 11.8 Å². The van der Waals surface area contributed by atoms with Crippen LogP contribution in [0.1, 0.15) is 32.3 Å². The zero-order chi connectivity index (χ0) is 37.8. The minimum Gasteiger partial charge on any atom is -0.489 e. The molecule has 0 saturated carbocycles. The summed E-state index contributed by atoms with van der Waals surface area (Å²) >= 11 is 1.38. The van der Waals surface area contributed by atoms with E-state index >= 15 is 0 Å². The van der Waals surface area contributed by atoms with Crippen LogP contribution in [0.3, 0.4) is 0 Å². The molecule has 7 rings (SSSR count). The largest absolute Gasteiger partial charge is 0.489 e. The van der Waals surface area contributed by atoms with E-state index in [0.29, 0.717) is 29.2 Å². The van der Waals surface area contributed by atoms with Crippen molar-refractivity contribution in [1.82, 2.24) is 5.32 Å². The molecule has 0 spiro atoms. The third-order valence-electron chi connectivity index (χ3n) is 8.70. The van der Waals surface area contributed by atoms with Crippen LogP contribution in [0.25, 0.3) is 16.8 Å². The first-order chi connectivity index (χ1) is 27.0. The fraction of sp³-hybridized carbons (Fsp3) is 0.0426. The molecule has 8 heteroatoms. The topological polar surface area (TPSA) is 96.5 Å². The zero-order valence-corrected chi connectivity index (χ0v) is 30.5. The van der Waals surface area contributed by atoms with Crippen LogP contribution in [0.2, 0.25) is 0 Å². The van der Waals surface area contributed by atoms with Crippen LogP contribution in [0.4, 0.5) is 11.4 Å². The molecule has 0 aliphatic heterocycles. The predicted molar refractivity (Wildman–Crippen MR) is 222 cm³/mol. The number of nitrogens with one attached hydrogen (secondary N) is 3. The lowest BCUT2D eigenvalue weighted by Crippen LogP contribution is -2.30. The number of rotatable bonds is 13. The zero-order valence-electron chi connectivity index (χ0n) is 29.7. The molecule has 0 heterocycles. The maximum atomic E-state index is 14.0. The van der Waals surface area contributed by atoms with Gasteiger partial charge in [-0.3, -0.25) is 14.4 Å². The van der Waals surface area contributed by atoms with E-state index in [0.717, 1.165) is 32.5 Å². The van der Waals surface area contributed by atoms with E-state index in [4.69, 9.17) is 4.74 Å². The van der Waals surface area contributed by atoms with Crippen LogP contribution < -0.4 is 20.7 Å². The fourth-order valence-corrected chi connectivity index (χ4v) is 7.01. The van der Waals surface area contributed by atoms with Crippen LogP contribution in [-0.4, -0.2) is 17.7 Å². The molecule has 7 aromatic carbocycles. The highest BCUT2D eigenvalue weighted by molar-refractivity contribution is 8.00. The van der Waals surface area contributed by atoms with E-state index in [1.807, 2.05) is 152 Å². The van der Waals surface area contributed by atoms with Crippen molar-refractivity contribution in [2.24, 2.45) is 0 Å². The molecule has 0 bridgehead atoms. The van der Waals surface area contributed by atoms with E-state index in [2.05, 4.69) is 16.0 Å². The minimum atomic E-state index is -0.591. The fourth-order valence-electron chi connectivity index (χ4n) is 5.93. The Morgan fingerprint density at radius 1 is 0.636 bits per heavy atom. The van der Waals surface area contributed by atoms with Gasteiger partial charge in [-0.1, -0.05) is 133 Å². The van der Waals surface area contributed by atoms with E-state index in [1.54, 1.807) is 36.4 Å². The molecule has 0 aliphatic carbocycles. The third-order valence-corrected chi connectivity index (χ3v) is 9.95. The van der Waals surface area contributed by atoms with Gasteiger partial charge in [0.2, 0.25) is 5.91 Å².